The molecule has 0 aromatic heterocycles. The zero-order chi connectivity index (χ0) is 13.8. The first-order valence-electron chi connectivity index (χ1n) is 6.41. The van der Waals surface area contributed by atoms with E-state index in [1.807, 2.05) is 6.07 Å². The van der Waals surface area contributed by atoms with Crippen LogP contribution in [0.25, 0.3) is 0 Å². The quantitative estimate of drug-likeness (QED) is 0.681. The summed E-state index contributed by atoms with van der Waals surface area (Å²) in [7, 11) is 2.12. The van der Waals surface area contributed by atoms with E-state index in [-0.39, 0.29) is 10.7 Å². The third-order valence-corrected chi connectivity index (χ3v) is 3.84. The largest absolute Gasteiger partial charge is 0.310 e. The lowest BCUT2D eigenvalue weighted by atomic mass is 10.1. The van der Waals surface area contributed by atoms with Gasteiger partial charge in [-0.3, -0.25) is 10.1 Å². The molecule has 0 amide bonds. The third-order valence-electron chi connectivity index (χ3n) is 3.52. The van der Waals surface area contributed by atoms with E-state index in [9.17, 15) is 10.1 Å². The molecule has 19 heavy (non-hydrogen) atoms. The number of piperidine rings is 1. The van der Waals surface area contributed by atoms with Crippen molar-refractivity contribution < 1.29 is 4.92 Å². The summed E-state index contributed by atoms with van der Waals surface area (Å²) in [6, 6.07) is 5.46. The van der Waals surface area contributed by atoms with Gasteiger partial charge in [-0.2, -0.15) is 0 Å². The maximum absolute atomic E-state index is 10.8. The van der Waals surface area contributed by atoms with Gasteiger partial charge in [-0.05, 0) is 44.6 Å². The van der Waals surface area contributed by atoms with E-state index in [1.165, 1.54) is 0 Å². The van der Waals surface area contributed by atoms with Crippen LogP contribution in [0.1, 0.15) is 18.4 Å². The number of hydrogen-bond donors (Lipinski definition) is 1. The summed E-state index contributed by atoms with van der Waals surface area (Å²) >= 11 is 5.79. The topological polar surface area (TPSA) is 58.4 Å². The number of hydrogen-bond acceptors (Lipinski definition) is 4. The highest BCUT2D eigenvalue weighted by Gasteiger charge is 2.17. The van der Waals surface area contributed by atoms with Crippen molar-refractivity contribution in [3.05, 3.63) is 38.9 Å². The van der Waals surface area contributed by atoms with Crippen LogP contribution in [0.3, 0.4) is 0 Å². The van der Waals surface area contributed by atoms with Crippen LogP contribution in [-0.4, -0.2) is 36.0 Å². The van der Waals surface area contributed by atoms with E-state index in [0.29, 0.717) is 12.6 Å². The first kappa shape index (κ1) is 14.2. The van der Waals surface area contributed by atoms with Gasteiger partial charge < -0.3 is 10.2 Å². The number of rotatable bonds is 4. The molecule has 1 aliphatic rings. The van der Waals surface area contributed by atoms with Crippen LogP contribution < -0.4 is 5.32 Å². The van der Waals surface area contributed by atoms with E-state index in [1.54, 1.807) is 12.1 Å². The molecular formula is C13H18ClN3O2. The average molecular weight is 284 g/mol. The maximum Gasteiger partial charge on any atom is 0.288 e. The molecule has 6 heteroatoms. The molecule has 0 spiro atoms. The van der Waals surface area contributed by atoms with E-state index in [2.05, 4.69) is 17.3 Å². The fraction of sp³-hybridized carbons (Fsp3) is 0.538. The van der Waals surface area contributed by atoms with Crippen molar-refractivity contribution in [3.8, 4) is 0 Å². The first-order valence-corrected chi connectivity index (χ1v) is 6.79. The molecule has 1 aromatic rings. The molecule has 0 aliphatic carbocycles. The molecular weight excluding hydrogens is 266 g/mol. The Hall–Kier alpha value is -1.17. The number of likely N-dealkylation sites (tertiary alicyclic amines) is 1. The molecule has 0 bridgehead atoms. The van der Waals surface area contributed by atoms with Gasteiger partial charge in [0.15, 0.2) is 0 Å². The lowest BCUT2D eigenvalue weighted by Gasteiger charge is -2.29. The lowest BCUT2D eigenvalue weighted by molar-refractivity contribution is -0.384. The fourth-order valence-electron chi connectivity index (χ4n) is 2.28. The maximum atomic E-state index is 10.8. The number of nitrogens with zero attached hydrogens (tertiary/aromatic N) is 2. The van der Waals surface area contributed by atoms with Gasteiger partial charge in [0.05, 0.1) is 4.92 Å². The minimum Gasteiger partial charge on any atom is -0.310 e. The van der Waals surface area contributed by atoms with Gasteiger partial charge in [-0.25, -0.2) is 0 Å². The molecule has 1 heterocycles. The Kier molecular flexibility index (Phi) is 4.74. The van der Waals surface area contributed by atoms with Crippen molar-refractivity contribution in [1.82, 2.24) is 10.2 Å². The predicted octanol–water partition coefficient (Wildman–Crippen LogP) is 2.43. The molecule has 2 rings (SSSR count). The van der Waals surface area contributed by atoms with Gasteiger partial charge in [0.25, 0.3) is 5.69 Å². The molecule has 1 fully saturated rings. The molecule has 0 radical (unpaired) electrons. The van der Waals surface area contributed by atoms with E-state index >= 15 is 0 Å². The Balaban J connectivity index is 1.92. The Labute approximate surface area is 117 Å². The smallest absolute Gasteiger partial charge is 0.288 e. The Morgan fingerprint density at radius 1 is 1.47 bits per heavy atom. The minimum atomic E-state index is -0.443. The van der Waals surface area contributed by atoms with Crippen LogP contribution >= 0.6 is 11.6 Å². The highest BCUT2D eigenvalue weighted by atomic mass is 35.5. The normalized spacial score (nSPS) is 17.6. The first-order chi connectivity index (χ1) is 9.06. The van der Waals surface area contributed by atoms with Gasteiger partial charge in [-0.15, -0.1) is 0 Å². The van der Waals surface area contributed by atoms with E-state index in [4.69, 9.17) is 11.6 Å². The zero-order valence-corrected chi connectivity index (χ0v) is 11.7. The second-order valence-electron chi connectivity index (χ2n) is 5.00. The summed E-state index contributed by atoms with van der Waals surface area (Å²) in [5, 5.41) is 14.5. The zero-order valence-electron chi connectivity index (χ0n) is 10.9. The molecule has 0 unspecified atom stereocenters. The molecule has 0 atom stereocenters. The minimum absolute atomic E-state index is 0.0238. The molecule has 1 saturated heterocycles. The van der Waals surface area contributed by atoms with Crippen LogP contribution in [0.4, 0.5) is 5.69 Å². The van der Waals surface area contributed by atoms with Gasteiger partial charge in [-0.1, -0.05) is 17.7 Å². The molecule has 5 nitrogen and oxygen atoms in total. The van der Waals surface area contributed by atoms with E-state index in [0.717, 1.165) is 31.5 Å². The standard InChI is InChI=1S/C13H18ClN3O2/c1-16-6-4-11(5-7-16)15-9-10-2-3-12(14)13(8-10)17(18)19/h2-3,8,11,15H,4-7,9H2,1H3. The van der Waals surface area contributed by atoms with Crippen LogP contribution in [0.5, 0.6) is 0 Å². The Bertz CT molecular complexity index is 459. The molecule has 0 saturated carbocycles. The Morgan fingerprint density at radius 3 is 2.79 bits per heavy atom. The summed E-state index contributed by atoms with van der Waals surface area (Å²) in [5.74, 6) is 0. The second kappa shape index (κ2) is 6.32. The summed E-state index contributed by atoms with van der Waals surface area (Å²) < 4.78 is 0. The van der Waals surface area contributed by atoms with Crippen LogP contribution in [-0.2, 0) is 6.54 Å². The summed E-state index contributed by atoms with van der Waals surface area (Å²) in [4.78, 5) is 12.7. The van der Waals surface area contributed by atoms with Crippen molar-refractivity contribution in [1.29, 1.82) is 0 Å². The lowest BCUT2D eigenvalue weighted by Crippen LogP contribution is -2.40. The van der Waals surface area contributed by atoms with Crippen molar-refractivity contribution in [2.24, 2.45) is 0 Å². The third kappa shape index (κ3) is 3.89. The number of nitro groups is 1. The van der Waals surface area contributed by atoms with Crippen LogP contribution in [0.15, 0.2) is 18.2 Å². The van der Waals surface area contributed by atoms with Crippen LogP contribution in [0.2, 0.25) is 5.02 Å². The van der Waals surface area contributed by atoms with Gasteiger partial charge in [0, 0.05) is 18.7 Å². The summed E-state index contributed by atoms with van der Waals surface area (Å²) in [5.41, 5.74) is 0.874. The Morgan fingerprint density at radius 2 is 2.16 bits per heavy atom. The fourth-order valence-corrected chi connectivity index (χ4v) is 2.47. The number of halogens is 1. The monoisotopic (exact) mass is 283 g/mol. The highest BCUT2D eigenvalue weighted by Crippen LogP contribution is 2.25. The summed E-state index contributed by atoms with van der Waals surface area (Å²) in [6.07, 6.45) is 2.23. The summed E-state index contributed by atoms with van der Waals surface area (Å²) in [6.45, 7) is 2.84. The molecule has 1 aromatic carbocycles. The second-order valence-corrected chi connectivity index (χ2v) is 5.41. The van der Waals surface area contributed by atoms with Gasteiger partial charge in [0.1, 0.15) is 5.02 Å². The predicted molar refractivity (Wildman–Crippen MR) is 75.5 cm³/mol. The SMILES string of the molecule is CN1CCC(NCc2ccc(Cl)c([N+](=O)[O-])c2)CC1. The van der Waals surface area contributed by atoms with Crippen molar-refractivity contribution in [2.45, 2.75) is 25.4 Å². The van der Waals surface area contributed by atoms with Gasteiger partial charge in [0.2, 0.25) is 0 Å². The molecule has 1 aliphatic heterocycles. The van der Waals surface area contributed by atoms with Crippen LogP contribution in [0, 0.1) is 10.1 Å². The van der Waals surface area contributed by atoms with Gasteiger partial charge >= 0.3 is 0 Å². The van der Waals surface area contributed by atoms with Crippen molar-refractivity contribution in [3.63, 3.8) is 0 Å². The van der Waals surface area contributed by atoms with Crippen molar-refractivity contribution >= 4 is 17.3 Å². The van der Waals surface area contributed by atoms with E-state index < -0.39 is 4.92 Å². The number of nitro benzene ring substituents is 1. The number of benzene rings is 1. The average Bonchev–Trinajstić information content (AvgIpc) is 2.39. The number of nitrogens with one attached hydrogen (secondary N) is 1. The van der Waals surface area contributed by atoms with Crippen molar-refractivity contribution in [2.75, 3.05) is 20.1 Å². The molecule has 1 N–H and O–H groups in total. The molecule has 104 valence electrons. The highest BCUT2D eigenvalue weighted by molar-refractivity contribution is 6.32.